The van der Waals surface area contributed by atoms with Crippen molar-refractivity contribution in [1.29, 1.82) is 0 Å². The van der Waals surface area contributed by atoms with Crippen LogP contribution >= 0.6 is 0 Å². The van der Waals surface area contributed by atoms with E-state index in [9.17, 15) is 4.79 Å². The maximum Gasteiger partial charge on any atom is 0.335 e. The first-order valence-electron chi connectivity index (χ1n) is 3.00. The van der Waals surface area contributed by atoms with Crippen LogP contribution in [-0.4, -0.2) is 11.1 Å². The van der Waals surface area contributed by atoms with E-state index in [4.69, 9.17) is 5.11 Å². The molecule has 3 nitrogen and oxygen atoms in total. The first-order valence-corrected chi connectivity index (χ1v) is 3.00. The molecule has 0 amide bonds. The van der Waals surface area contributed by atoms with Crippen LogP contribution in [0.2, 0.25) is 0 Å². The fraction of sp³-hybridized carbons (Fsp3) is 0.125. The molecule has 0 unspecified atom stereocenters. The first kappa shape index (κ1) is 9.65. The lowest BCUT2D eigenvalue weighted by Crippen LogP contribution is -1.94. The maximum absolute atomic E-state index is 10.3. The van der Waals surface area contributed by atoms with Crippen LogP contribution in [0, 0.1) is 6.92 Å². The number of carboxylic acid groups (broad SMARTS) is 1. The molecule has 1 aromatic rings. The molecule has 0 bridgehead atoms. The molecule has 0 atom stereocenters. The van der Waals surface area contributed by atoms with Gasteiger partial charge in [0.05, 0.1) is 5.56 Å². The maximum atomic E-state index is 10.3. The minimum atomic E-state index is -0.875. The molecule has 0 saturated heterocycles. The van der Waals surface area contributed by atoms with Gasteiger partial charge in [-0.1, -0.05) is 17.7 Å². The minimum absolute atomic E-state index is 0. The van der Waals surface area contributed by atoms with Gasteiger partial charge in [-0.3, -0.25) is 0 Å². The molecule has 2 radical (unpaired) electrons. The Bertz CT molecular complexity index is 238. The number of hydrogen-bond acceptors (Lipinski definition) is 1. The molecule has 0 aliphatic carbocycles. The van der Waals surface area contributed by atoms with Gasteiger partial charge in [0.2, 0.25) is 0 Å². The number of carbonyl (C=O) groups is 1. The van der Waals surface area contributed by atoms with Crippen molar-refractivity contribution in [3.05, 3.63) is 35.4 Å². The van der Waals surface area contributed by atoms with E-state index in [1.54, 1.807) is 24.3 Å². The molecule has 0 aliphatic heterocycles. The summed E-state index contributed by atoms with van der Waals surface area (Å²) in [6.45, 7) is 1.92. The van der Waals surface area contributed by atoms with Crippen molar-refractivity contribution >= 4 is 5.97 Å². The van der Waals surface area contributed by atoms with Crippen molar-refractivity contribution in [1.82, 2.24) is 0 Å². The molecule has 0 saturated carbocycles. The summed E-state index contributed by atoms with van der Waals surface area (Å²) in [6, 6.07) is 6.75. The summed E-state index contributed by atoms with van der Waals surface area (Å²) in [5, 5.41) is 8.48. The van der Waals surface area contributed by atoms with E-state index < -0.39 is 5.97 Å². The second-order valence-corrected chi connectivity index (χ2v) is 2.17. The van der Waals surface area contributed by atoms with Crippen molar-refractivity contribution in [2.75, 3.05) is 0 Å². The Labute approximate surface area is 64.6 Å². The molecule has 1 aromatic carbocycles. The quantitative estimate of drug-likeness (QED) is 0.663. The highest BCUT2D eigenvalue weighted by atomic mass is 16.4. The predicted octanol–water partition coefficient (Wildman–Crippen LogP) is 1.57. The Morgan fingerprint density at radius 3 is 2.09 bits per heavy atom. The van der Waals surface area contributed by atoms with Crippen LogP contribution in [0.1, 0.15) is 15.9 Å². The third-order valence-corrected chi connectivity index (χ3v) is 1.30. The monoisotopic (exact) mass is 152 g/mol. The third kappa shape index (κ3) is 2.39. The van der Waals surface area contributed by atoms with Gasteiger partial charge in [0.25, 0.3) is 0 Å². The Morgan fingerprint density at radius 1 is 1.27 bits per heavy atom. The lowest BCUT2D eigenvalue weighted by molar-refractivity contribution is 0.0697. The molecule has 11 heavy (non-hydrogen) atoms. The molecule has 0 fully saturated rings. The topological polar surface area (TPSA) is 65.8 Å². The van der Waals surface area contributed by atoms with Crippen LogP contribution in [0.4, 0.5) is 0 Å². The highest BCUT2D eigenvalue weighted by Gasteiger charge is 1.98. The van der Waals surface area contributed by atoms with Gasteiger partial charge < -0.3 is 5.11 Å². The van der Waals surface area contributed by atoms with Gasteiger partial charge in [-0.25, -0.2) is 4.79 Å². The summed E-state index contributed by atoms with van der Waals surface area (Å²) < 4.78 is 0. The lowest BCUT2D eigenvalue weighted by atomic mass is 10.2. The zero-order valence-electron chi connectivity index (χ0n) is 6.07. The van der Waals surface area contributed by atoms with Crippen molar-refractivity contribution in [3.8, 4) is 0 Å². The first-order chi connectivity index (χ1) is 4.70. The van der Waals surface area contributed by atoms with Gasteiger partial charge in [-0.2, -0.15) is 0 Å². The largest absolute Gasteiger partial charge is 0.478 e. The Morgan fingerprint density at radius 2 is 1.73 bits per heavy atom. The van der Waals surface area contributed by atoms with E-state index in [1.807, 2.05) is 6.92 Å². The second-order valence-electron chi connectivity index (χ2n) is 2.17. The van der Waals surface area contributed by atoms with Crippen molar-refractivity contribution in [3.63, 3.8) is 0 Å². The van der Waals surface area contributed by atoms with Crippen molar-refractivity contribution in [2.24, 2.45) is 0 Å². The van der Waals surface area contributed by atoms with Gasteiger partial charge in [-0.15, -0.1) is 0 Å². The molecular formula is C8H8O3. The number of hydrogen-bond donors (Lipinski definition) is 1. The molecular weight excluding hydrogens is 144 g/mol. The van der Waals surface area contributed by atoms with Crippen LogP contribution in [0.15, 0.2) is 24.3 Å². The molecule has 0 heterocycles. The van der Waals surface area contributed by atoms with Crippen LogP contribution in [-0.2, 0) is 5.48 Å². The summed E-state index contributed by atoms with van der Waals surface area (Å²) in [5.74, 6) is -0.875. The van der Waals surface area contributed by atoms with E-state index in [2.05, 4.69) is 0 Å². The zero-order chi connectivity index (χ0) is 7.56. The Balaban J connectivity index is 0.000001000. The number of aryl methyl sites for hydroxylation is 1. The standard InChI is InChI=1S/C8H8O2.O/c1-6-2-4-7(5-3-6)8(9)10;/h2-5H,1H3,(H,9,10);. The normalized spacial score (nSPS) is 8.45. The van der Waals surface area contributed by atoms with Gasteiger partial charge in [0.15, 0.2) is 0 Å². The summed E-state index contributed by atoms with van der Waals surface area (Å²) >= 11 is 0. The molecule has 0 spiro atoms. The van der Waals surface area contributed by atoms with Crippen LogP contribution < -0.4 is 0 Å². The summed E-state index contributed by atoms with van der Waals surface area (Å²) in [5.41, 5.74) is 1.41. The Kier molecular flexibility index (Phi) is 3.27. The Hall–Kier alpha value is -1.35. The fourth-order valence-corrected chi connectivity index (χ4v) is 0.696. The van der Waals surface area contributed by atoms with E-state index in [1.165, 1.54) is 0 Å². The average molecular weight is 152 g/mol. The SMILES string of the molecule is Cc1ccc(C(=O)O)cc1.[O]. The van der Waals surface area contributed by atoms with Crippen LogP contribution in [0.25, 0.3) is 0 Å². The van der Waals surface area contributed by atoms with Crippen LogP contribution in [0.5, 0.6) is 0 Å². The second kappa shape index (κ2) is 3.73. The number of benzene rings is 1. The highest BCUT2D eigenvalue weighted by Crippen LogP contribution is 2.01. The molecule has 0 aromatic heterocycles. The lowest BCUT2D eigenvalue weighted by Gasteiger charge is -1.92. The predicted molar refractivity (Wildman–Crippen MR) is 38.8 cm³/mol. The summed E-state index contributed by atoms with van der Waals surface area (Å²) in [7, 11) is 0. The molecule has 3 heteroatoms. The fourth-order valence-electron chi connectivity index (χ4n) is 0.696. The smallest absolute Gasteiger partial charge is 0.335 e. The summed E-state index contributed by atoms with van der Waals surface area (Å²) in [4.78, 5) is 10.3. The highest BCUT2D eigenvalue weighted by molar-refractivity contribution is 5.87. The molecule has 1 N–H and O–H groups in total. The number of aromatic carboxylic acids is 1. The van der Waals surface area contributed by atoms with Crippen molar-refractivity contribution in [2.45, 2.75) is 6.92 Å². The van der Waals surface area contributed by atoms with E-state index >= 15 is 0 Å². The number of rotatable bonds is 1. The minimum Gasteiger partial charge on any atom is -0.478 e. The van der Waals surface area contributed by atoms with Gasteiger partial charge in [0, 0.05) is 5.48 Å². The van der Waals surface area contributed by atoms with E-state index in [-0.39, 0.29) is 5.48 Å². The van der Waals surface area contributed by atoms with Gasteiger partial charge in [-0.05, 0) is 19.1 Å². The van der Waals surface area contributed by atoms with Gasteiger partial charge >= 0.3 is 5.97 Å². The summed E-state index contributed by atoms with van der Waals surface area (Å²) in [6.07, 6.45) is 0. The van der Waals surface area contributed by atoms with Gasteiger partial charge in [0.1, 0.15) is 0 Å². The van der Waals surface area contributed by atoms with E-state index in [0.29, 0.717) is 5.56 Å². The zero-order valence-corrected chi connectivity index (χ0v) is 6.07. The molecule has 58 valence electrons. The third-order valence-electron chi connectivity index (χ3n) is 1.30. The van der Waals surface area contributed by atoms with E-state index in [0.717, 1.165) is 5.56 Å². The van der Waals surface area contributed by atoms with Crippen LogP contribution in [0.3, 0.4) is 0 Å². The molecule has 0 aliphatic rings. The number of carboxylic acids is 1. The average Bonchev–Trinajstić information content (AvgIpc) is 1.88. The molecule has 1 rings (SSSR count). The van der Waals surface area contributed by atoms with Crippen molar-refractivity contribution < 1.29 is 15.4 Å².